The molecule has 0 aromatic heterocycles. The summed E-state index contributed by atoms with van der Waals surface area (Å²) in [5.74, 6) is 0.847. The van der Waals surface area contributed by atoms with E-state index in [2.05, 4.69) is 34.5 Å². The second kappa shape index (κ2) is 8.79. The van der Waals surface area contributed by atoms with Crippen LogP contribution in [-0.4, -0.2) is 66.2 Å². The zero-order chi connectivity index (χ0) is 17.6. The molecule has 1 saturated heterocycles. The number of aliphatic hydroxyl groups excluding tert-OH is 1. The fourth-order valence-electron chi connectivity index (χ4n) is 3.94. The number of carbonyl (C=O) groups excluding carboxylic acids is 1. The fourth-order valence-corrected chi connectivity index (χ4v) is 3.94. The molecule has 1 amide bonds. The van der Waals surface area contributed by atoms with E-state index in [0.29, 0.717) is 5.92 Å². The van der Waals surface area contributed by atoms with E-state index in [-0.39, 0.29) is 18.6 Å². The number of likely N-dealkylation sites (tertiary alicyclic amines) is 1. The quantitative estimate of drug-likeness (QED) is 0.815. The second-order valence-corrected chi connectivity index (χ2v) is 7.42. The van der Waals surface area contributed by atoms with Crippen molar-refractivity contribution in [1.29, 1.82) is 0 Å². The third-order valence-corrected chi connectivity index (χ3v) is 5.65. The number of rotatable bonds is 6. The third kappa shape index (κ3) is 4.81. The average Bonchev–Trinajstić information content (AvgIpc) is 2.66. The van der Waals surface area contributed by atoms with Gasteiger partial charge >= 0.3 is 0 Å². The van der Waals surface area contributed by atoms with Crippen molar-refractivity contribution in [3.05, 3.63) is 35.4 Å². The van der Waals surface area contributed by atoms with Gasteiger partial charge in [0.05, 0.1) is 12.6 Å². The van der Waals surface area contributed by atoms with E-state index < -0.39 is 0 Å². The maximum Gasteiger partial charge on any atom is 0.239 e. The van der Waals surface area contributed by atoms with Crippen LogP contribution in [0.1, 0.15) is 30.9 Å². The third-order valence-electron chi connectivity index (χ3n) is 5.65. The normalized spacial score (nSPS) is 20.3. The summed E-state index contributed by atoms with van der Waals surface area (Å²) < 4.78 is 0. The molecule has 0 unspecified atom stereocenters. The maximum atomic E-state index is 12.7. The number of β-amino-alcohol motifs (C(OH)–C–C–N with tert-alkyl or cyclic N) is 1. The minimum atomic E-state index is -0.124. The number of fused-ring (bicyclic) bond motifs is 1. The molecule has 0 spiro atoms. The molecule has 2 heterocycles. The van der Waals surface area contributed by atoms with Crippen LogP contribution in [0, 0.1) is 5.92 Å². The van der Waals surface area contributed by atoms with Crippen LogP contribution in [0.4, 0.5) is 0 Å². The lowest BCUT2D eigenvalue weighted by molar-refractivity contribution is -0.134. The van der Waals surface area contributed by atoms with Crippen LogP contribution >= 0.6 is 0 Å². The molecule has 25 heavy (non-hydrogen) atoms. The first kappa shape index (κ1) is 18.4. The predicted octanol–water partition coefficient (Wildman–Crippen LogP) is 1.25. The van der Waals surface area contributed by atoms with E-state index >= 15 is 0 Å². The Bertz CT molecular complexity index is 570. The number of aliphatic hydroxyl groups is 1. The van der Waals surface area contributed by atoms with Crippen LogP contribution in [0.3, 0.4) is 0 Å². The summed E-state index contributed by atoms with van der Waals surface area (Å²) >= 11 is 0. The van der Waals surface area contributed by atoms with Crippen LogP contribution in [0.25, 0.3) is 0 Å². The number of hydrogen-bond donors (Lipinski definition) is 2. The van der Waals surface area contributed by atoms with Gasteiger partial charge in [-0.15, -0.1) is 0 Å². The molecule has 1 aromatic carbocycles. The van der Waals surface area contributed by atoms with Gasteiger partial charge in [0.2, 0.25) is 5.91 Å². The highest BCUT2D eigenvalue weighted by Crippen LogP contribution is 2.19. The minimum Gasteiger partial charge on any atom is -0.395 e. The number of amides is 1. The molecule has 1 aromatic rings. The van der Waals surface area contributed by atoms with Crippen LogP contribution in [0.2, 0.25) is 0 Å². The van der Waals surface area contributed by atoms with Crippen LogP contribution in [0.5, 0.6) is 0 Å². The van der Waals surface area contributed by atoms with Crippen molar-refractivity contribution in [1.82, 2.24) is 15.1 Å². The van der Waals surface area contributed by atoms with Gasteiger partial charge in [0.15, 0.2) is 0 Å². The molecule has 0 bridgehead atoms. The standard InChI is InChI=1S/C20H31N3O2/c1-16(21-14-17-6-9-22(10-7-17)12-13-24)20(25)23-11-8-18-4-2-3-5-19(18)15-23/h2-5,16-17,21,24H,6-15H2,1H3/t16-/m1/s1. The zero-order valence-electron chi connectivity index (χ0n) is 15.3. The van der Waals surface area contributed by atoms with Gasteiger partial charge in [-0.1, -0.05) is 24.3 Å². The van der Waals surface area contributed by atoms with Gasteiger partial charge in [0, 0.05) is 19.6 Å². The topological polar surface area (TPSA) is 55.8 Å². The Kier molecular flexibility index (Phi) is 6.45. The molecule has 2 aliphatic rings. The minimum absolute atomic E-state index is 0.124. The first-order chi connectivity index (χ1) is 12.2. The van der Waals surface area contributed by atoms with Crippen molar-refractivity contribution in [2.75, 3.05) is 39.3 Å². The zero-order valence-corrected chi connectivity index (χ0v) is 15.3. The number of piperidine rings is 1. The highest BCUT2D eigenvalue weighted by molar-refractivity contribution is 5.81. The molecule has 2 aliphatic heterocycles. The SMILES string of the molecule is C[C@@H](NCC1CCN(CCO)CC1)C(=O)N1CCc2ccccc2C1. The first-order valence-electron chi connectivity index (χ1n) is 9.59. The Labute approximate surface area is 151 Å². The van der Waals surface area contributed by atoms with Gasteiger partial charge < -0.3 is 20.2 Å². The number of nitrogens with one attached hydrogen (secondary N) is 1. The van der Waals surface area contributed by atoms with Gasteiger partial charge in [-0.3, -0.25) is 4.79 Å². The van der Waals surface area contributed by atoms with E-state index in [1.165, 1.54) is 11.1 Å². The Hall–Kier alpha value is -1.43. The van der Waals surface area contributed by atoms with Crippen LogP contribution in [0.15, 0.2) is 24.3 Å². The molecule has 0 radical (unpaired) electrons. The van der Waals surface area contributed by atoms with Crippen molar-refractivity contribution < 1.29 is 9.90 Å². The number of nitrogens with zero attached hydrogens (tertiary/aromatic N) is 2. The number of hydrogen-bond acceptors (Lipinski definition) is 4. The Morgan fingerprint density at radius 3 is 2.68 bits per heavy atom. The second-order valence-electron chi connectivity index (χ2n) is 7.42. The summed E-state index contributed by atoms with van der Waals surface area (Å²) in [5, 5.41) is 12.5. The largest absolute Gasteiger partial charge is 0.395 e. The van der Waals surface area contributed by atoms with E-state index in [1.54, 1.807) is 0 Å². The van der Waals surface area contributed by atoms with Crippen molar-refractivity contribution >= 4 is 5.91 Å². The highest BCUT2D eigenvalue weighted by atomic mass is 16.3. The van der Waals surface area contributed by atoms with Crippen molar-refractivity contribution in [3.63, 3.8) is 0 Å². The summed E-state index contributed by atoms with van der Waals surface area (Å²) in [6.45, 7) is 7.59. The molecule has 1 atom stereocenters. The monoisotopic (exact) mass is 345 g/mol. The van der Waals surface area contributed by atoms with Crippen molar-refractivity contribution in [2.45, 2.75) is 38.8 Å². The molecule has 2 N–H and O–H groups in total. The molecular weight excluding hydrogens is 314 g/mol. The molecule has 0 saturated carbocycles. The van der Waals surface area contributed by atoms with Crippen LogP contribution < -0.4 is 5.32 Å². The Balaban J connectivity index is 1.43. The average molecular weight is 345 g/mol. The molecule has 0 aliphatic carbocycles. The van der Waals surface area contributed by atoms with Gasteiger partial charge in [0.25, 0.3) is 0 Å². The lowest BCUT2D eigenvalue weighted by Gasteiger charge is -2.33. The summed E-state index contributed by atoms with van der Waals surface area (Å²) in [5.41, 5.74) is 2.66. The van der Waals surface area contributed by atoms with E-state index in [0.717, 1.165) is 58.5 Å². The summed E-state index contributed by atoms with van der Waals surface area (Å²) in [7, 11) is 0. The maximum absolute atomic E-state index is 12.7. The molecule has 5 nitrogen and oxygen atoms in total. The summed E-state index contributed by atoms with van der Waals surface area (Å²) in [6.07, 6.45) is 3.24. The summed E-state index contributed by atoms with van der Waals surface area (Å²) in [6, 6.07) is 8.31. The van der Waals surface area contributed by atoms with Crippen LogP contribution in [-0.2, 0) is 17.8 Å². The number of benzene rings is 1. The summed E-state index contributed by atoms with van der Waals surface area (Å²) in [4.78, 5) is 17.1. The van der Waals surface area contributed by atoms with Gasteiger partial charge in [-0.05, 0) is 62.9 Å². The van der Waals surface area contributed by atoms with Gasteiger partial charge in [-0.2, -0.15) is 0 Å². The molecule has 5 heteroatoms. The van der Waals surface area contributed by atoms with Crippen molar-refractivity contribution in [2.24, 2.45) is 5.92 Å². The lowest BCUT2D eigenvalue weighted by atomic mass is 9.96. The molecule has 3 rings (SSSR count). The predicted molar refractivity (Wildman–Crippen MR) is 99.3 cm³/mol. The van der Waals surface area contributed by atoms with E-state index in [9.17, 15) is 4.79 Å². The van der Waals surface area contributed by atoms with E-state index in [4.69, 9.17) is 5.11 Å². The molecule has 138 valence electrons. The molecule has 1 fully saturated rings. The van der Waals surface area contributed by atoms with Gasteiger partial charge in [-0.25, -0.2) is 0 Å². The highest BCUT2D eigenvalue weighted by Gasteiger charge is 2.25. The Morgan fingerprint density at radius 1 is 1.24 bits per heavy atom. The van der Waals surface area contributed by atoms with Crippen molar-refractivity contribution in [3.8, 4) is 0 Å². The van der Waals surface area contributed by atoms with Gasteiger partial charge in [0.1, 0.15) is 0 Å². The smallest absolute Gasteiger partial charge is 0.239 e. The lowest BCUT2D eigenvalue weighted by Crippen LogP contribution is -2.48. The fraction of sp³-hybridized carbons (Fsp3) is 0.650. The van der Waals surface area contributed by atoms with E-state index in [1.807, 2.05) is 11.8 Å². The Morgan fingerprint density at radius 2 is 1.96 bits per heavy atom. The number of carbonyl (C=O) groups is 1. The first-order valence-corrected chi connectivity index (χ1v) is 9.59. The molecular formula is C20H31N3O2.